The highest BCUT2D eigenvalue weighted by Gasteiger charge is 2.33. The molecule has 158 valence electrons. The van der Waals surface area contributed by atoms with E-state index < -0.39 is 16.1 Å². The predicted molar refractivity (Wildman–Crippen MR) is 112 cm³/mol. The zero-order chi connectivity index (χ0) is 21.6. The Morgan fingerprint density at radius 1 is 1.07 bits per heavy atom. The zero-order valence-corrected chi connectivity index (χ0v) is 17.9. The molecule has 4 rings (SSSR count). The quantitative estimate of drug-likeness (QED) is 0.631. The van der Waals surface area contributed by atoms with Gasteiger partial charge in [0.2, 0.25) is 0 Å². The lowest BCUT2D eigenvalue weighted by Gasteiger charge is -2.27. The summed E-state index contributed by atoms with van der Waals surface area (Å²) in [6, 6.07) is 8.32. The number of hydrogen-bond donors (Lipinski definition) is 0. The molecule has 0 fully saturated rings. The molecule has 0 saturated heterocycles. The molecule has 1 aromatic heterocycles. The molecule has 9 heteroatoms. The molecule has 0 unspecified atom stereocenters. The van der Waals surface area contributed by atoms with Crippen molar-refractivity contribution in [2.24, 2.45) is 0 Å². The minimum Gasteiger partial charge on any atom is -0.493 e. The number of carbonyl (C=O) groups is 1. The first-order valence-electron chi connectivity index (χ1n) is 9.30. The van der Waals surface area contributed by atoms with E-state index >= 15 is 0 Å². The molecule has 2 aromatic carbocycles. The van der Waals surface area contributed by atoms with E-state index in [1.165, 1.54) is 30.2 Å². The molecule has 1 amide bonds. The molecule has 0 bridgehead atoms. The van der Waals surface area contributed by atoms with Crippen LogP contribution in [0.5, 0.6) is 11.5 Å². The van der Waals surface area contributed by atoms with Crippen LogP contribution in [-0.4, -0.2) is 46.4 Å². The fourth-order valence-corrected chi connectivity index (χ4v) is 5.22. The number of aryl methyl sites for hydroxylation is 1. The lowest BCUT2D eigenvalue weighted by Crippen LogP contribution is -2.34. The summed E-state index contributed by atoms with van der Waals surface area (Å²) >= 11 is 0. The molecule has 0 aliphatic carbocycles. The number of nitrogens with zero attached hydrogens (tertiary/aromatic N) is 2. The number of ether oxygens (including phenoxy) is 3. The van der Waals surface area contributed by atoms with Crippen molar-refractivity contribution in [3.63, 3.8) is 0 Å². The van der Waals surface area contributed by atoms with Crippen molar-refractivity contribution in [2.45, 2.75) is 18.2 Å². The molecule has 0 saturated carbocycles. The van der Waals surface area contributed by atoms with Gasteiger partial charge in [-0.3, -0.25) is 4.90 Å². The minimum atomic E-state index is -3.92. The number of carbonyl (C=O) groups excluding carboxylic acids is 1. The fraction of sp³-hybridized carbons (Fsp3) is 0.286. The van der Waals surface area contributed by atoms with Gasteiger partial charge in [0.1, 0.15) is 5.52 Å². The van der Waals surface area contributed by atoms with Gasteiger partial charge in [0, 0.05) is 24.2 Å². The van der Waals surface area contributed by atoms with E-state index in [-0.39, 0.29) is 10.6 Å². The summed E-state index contributed by atoms with van der Waals surface area (Å²) in [7, 11) is 0.311. The highest BCUT2D eigenvalue weighted by molar-refractivity contribution is 7.90. The van der Waals surface area contributed by atoms with E-state index in [9.17, 15) is 13.2 Å². The first kappa shape index (κ1) is 20.1. The lowest BCUT2D eigenvalue weighted by atomic mass is 10.0. The molecule has 0 atom stereocenters. The average Bonchev–Trinajstić information content (AvgIpc) is 3.15. The molecular weight excluding hydrogens is 408 g/mol. The van der Waals surface area contributed by atoms with Crippen LogP contribution in [0.3, 0.4) is 0 Å². The van der Waals surface area contributed by atoms with Crippen LogP contribution >= 0.6 is 0 Å². The van der Waals surface area contributed by atoms with Crippen LogP contribution in [0.2, 0.25) is 0 Å². The van der Waals surface area contributed by atoms with Gasteiger partial charge in [0.15, 0.2) is 11.5 Å². The zero-order valence-electron chi connectivity index (χ0n) is 17.1. The maximum atomic E-state index is 13.5. The van der Waals surface area contributed by atoms with Crippen molar-refractivity contribution in [3.05, 3.63) is 47.7 Å². The van der Waals surface area contributed by atoms with E-state index in [4.69, 9.17) is 14.2 Å². The Kier molecular flexibility index (Phi) is 4.85. The summed E-state index contributed by atoms with van der Waals surface area (Å²) in [4.78, 5) is 14.0. The molecule has 8 nitrogen and oxygen atoms in total. The molecule has 1 aliphatic heterocycles. The van der Waals surface area contributed by atoms with Gasteiger partial charge in [-0.25, -0.2) is 17.2 Å². The Hall–Kier alpha value is -3.20. The van der Waals surface area contributed by atoms with Crippen LogP contribution in [0.1, 0.15) is 11.1 Å². The Morgan fingerprint density at radius 3 is 2.37 bits per heavy atom. The fourth-order valence-electron chi connectivity index (χ4n) is 3.83. The Bertz CT molecular complexity index is 1240. The van der Waals surface area contributed by atoms with Crippen molar-refractivity contribution >= 4 is 32.7 Å². The van der Waals surface area contributed by atoms with Gasteiger partial charge in [-0.1, -0.05) is 17.7 Å². The van der Waals surface area contributed by atoms with Crippen LogP contribution in [0, 0.1) is 6.92 Å². The number of rotatable bonds is 4. The number of hydrogen-bond acceptors (Lipinski definition) is 6. The molecule has 3 aromatic rings. The van der Waals surface area contributed by atoms with E-state index in [2.05, 4.69) is 0 Å². The van der Waals surface area contributed by atoms with Gasteiger partial charge in [0.05, 0.1) is 31.9 Å². The lowest BCUT2D eigenvalue weighted by molar-refractivity contribution is 0.178. The Labute approximate surface area is 174 Å². The molecule has 2 heterocycles. The maximum Gasteiger partial charge on any atom is 0.414 e. The summed E-state index contributed by atoms with van der Waals surface area (Å²) in [5, 5.41) is 0.625. The summed E-state index contributed by atoms with van der Waals surface area (Å²) < 4.78 is 44.2. The van der Waals surface area contributed by atoms with Crippen molar-refractivity contribution in [3.8, 4) is 11.5 Å². The number of amides is 1. The van der Waals surface area contributed by atoms with E-state index in [1.807, 2.05) is 6.92 Å². The van der Waals surface area contributed by atoms with Gasteiger partial charge in [-0.15, -0.1) is 0 Å². The van der Waals surface area contributed by atoms with Crippen molar-refractivity contribution < 1.29 is 27.4 Å². The third-order valence-electron chi connectivity index (χ3n) is 5.31. The summed E-state index contributed by atoms with van der Waals surface area (Å²) in [6.07, 6.45) is 1.55. The smallest absolute Gasteiger partial charge is 0.414 e. The average molecular weight is 430 g/mol. The molecule has 0 N–H and O–H groups in total. The van der Waals surface area contributed by atoms with E-state index in [0.717, 1.165) is 11.1 Å². The second-order valence-electron chi connectivity index (χ2n) is 6.99. The summed E-state index contributed by atoms with van der Waals surface area (Å²) in [5.41, 5.74) is 2.61. The van der Waals surface area contributed by atoms with Crippen molar-refractivity contribution in [1.29, 1.82) is 0 Å². The highest BCUT2D eigenvalue weighted by Crippen LogP contribution is 2.47. The SMILES string of the molecule is COC(=O)N1CCc2cn(S(=O)(=O)c3ccc(C)cc3)c3c(OC)c(OC)cc1c23. The van der Waals surface area contributed by atoms with Gasteiger partial charge < -0.3 is 14.2 Å². The van der Waals surface area contributed by atoms with E-state index in [0.29, 0.717) is 35.3 Å². The van der Waals surface area contributed by atoms with Gasteiger partial charge in [-0.05, 0) is 31.0 Å². The number of methoxy groups -OCH3 is 3. The topological polar surface area (TPSA) is 87.1 Å². The van der Waals surface area contributed by atoms with Gasteiger partial charge in [-0.2, -0.15) is 0 Å². The van der Waals surface area contributed by atoms with Crippen LogP contribution in [-0.2, 0) is 21.2 Å². The van der Waals surface area contributed by atoms with Crippen LogP contribution in [0.25, 0.3) is 10.9 Å². The molecular formula is C21H22N2O6S. The van der Waals surface area contributed by atoms with Crippen molar-refractivity contribution in [2.75, 3.05) is 32.8 Å². The monoisotopic (exact) mass is 430 g/mol. The molecule has 0 spiro atoms. The van der Waals surface area contributed by atoms with Gasteiger partial charge >= 0.3 is 6.09 Å². The summed E-state index contributed by atoms with van der Waals surface area (Å²) in [6.45, 7) is 2.25. The standard InChI is InChI=1S/C21H22N2O6S/c1-13-5-7-15(8-6-13)30(25,26)23-12-14-9-10-22(21(24)29-4)16-11-17(27-2)20(28-3)19(23)18(14)16/h5-8,11-12H,9-10H2,1-4H3. The minimum absolute atomic E-state index is 0.159. The summed E-state index contributed by atoms with van der Waals surface area (Å²) in [5.74, 6) is 0.603. The second-order valence-corrected chi connectivity index (χ2v) is 8.81. The normalized spacial score (nSPS) is 13.4. The number of benzene rings is 2. The third kappa shape index (κ3) is 2.88. The molecule has 1 aliphatic rings. The van der Waals surface area contributed by atoms with Crippen LogP contribution in [0.15, 0.2) is 41.4 Å². The van der Waals surface area contributed by atoms with Crippen LogP contribution < -0.4 is 14.4 Å². The molecule has 0 radical (unpaired) electrons. The van der Waals surface area contributed by atoms with Gasteiger partial charge in [0.25, 0.3) is 10.0 Å². The Balaban J connectivity index is 2.07. The van der Waals surface area contributed by atoms with Crippen molar-refractivity contribution in [1.82, 2.24) is 3.97 Å². The predicted octanol–water partition coefficient (Wildman–Crippen LogP) is 3.33. The van der Waals surface area contributed by atoms with E-state index in [1.54, 1.807) is 36.5 Å². The third-order valence-corrected chi connectivity index (χ3v) is 6.98. The largest absolute Gasteiger partial charge is 0.493 e. The first-order chi connectivity index (χ1) is 14.3. The number of aromatic nitrogens is 1. The highest BCUT2D eigenvalue weighted by atomic mass is 32.2. The first-order valence-corrected chi connectivity index (χ1v) is 10.7. The number of anilines is 1. The maximum absolute atomic E-state index is 13.5. The van der Waals surface area contributed by atoms with Crippen LogP contribution in [0.4, 0.5) is 10.5 Å². The molecule has 30 heavy (non-hydrogen) atoms. The Morgan fingerprint density at radius 2 is 1.77 bits per heavy atom. The second kappa shape index (κ2) is 7.24.